The van der Waals surface area contributed by atoms with Crippen LogP contribution in [0.15, 0.2) is 24.3 Å². The van der Waals surface area contributed by atoms with Gasteiger partial charge in [0.2, 0.25) is 0 Å². The summed E-state index contributed by atoms with van der Waals surface area (Å²) >= 11 is 0. The molecule has 0 amide bonds. The van der Waals surface area contributed by atoms with Gasteiger partial charge in [-0.05, 0) is 36.0 Å². The number of hydrogen-bond acceptors (Lipinski definition) is 2. The van der Waals surface area contributed by atoms with E-state index in [4.69, 9.17) is 9.84 Å². The fourth-order valence-electron chi connectivity index (χ4n) is 1.42. The van der Waals surface area contributed by atoms with Gasteiger partial charge in [-0.15, -0.1) is 0 Å². The van der Waals surface area contributed by atoms with Crippen molar-refractivity contribution in [2.24, 2.45) is 11.8 Å². The Bertz CT molecular complexity index is 368. The molecule has 0 spiro atoms. The van der Waals surface area contributed by atoms with Crippen LogP contribution in [0.25, 0.3) is 0 Å². The molecule has 0 radical (unpaired) electrons. The van der Waals surface area contributed by atoms with E-state index in [0.29, 0.717) is 24.9 Å². The molecule has 0 saturated carbocycles. The summed E-state index contributed by atoms with van der Waals surface area (Å²) < 4.78 is 5.69. The van der Waals surface area contributed by atoms with Crippen LogP contribution in [-0.2, 0) is 11.2 Å². The van der Waals surface area contributed by atoms with Crippen molar-refractivity contribution in [1.29, 1.82) is 0 Å². The van der Waals surface area contributed by atoms with Gasteiger partial charge in [-0.2, -0.15) is 0 Å². The minimum absolute atomic E-state index is 0.171. The Labute approximate surface area is 109 Å². The van der Waals surface area contributed by atoms with Gasteiger partial charge in [0.15, 0.2) is 0 Å². The number of ether oxygens (including phenoxy) is 1. The Hall–Kier alpha value is -1.51. The van der Waals surface area contributed by atoms with E-state index in [1.54, 1.807) is 0 Å². The normalized spacial score (nSPS) is 12.4. The first kappa shape index (κ1) is 14.6. The number of carboxylic acids is 1. The van der Waals surface area contributed by atoms with Crippen molar-refractivity contribution in [1.82, 2.24) is 0 Å². The van der Waals surface area contributed by atoms with Crippen LogP contribution >= 0.6 is 0 Å². The zero-order valence-electron chi connectivity index (χ0n) is 11.3. The molecule has 0 aliphatic carbocycles. The third-order valence-corrected chi connectivity index (χ3v) is 3.20. The summed E-state index contributed by atoms with van der Waals surface area (Å²) in [4.78, 5) is 10.5. The zero-order chi connectivity index (χ0) is 13.5. The van der Waals surface area contributed by atoms with Crippen LogP contribution < -0.4 is 4.74 Å². The van der Waals surface area contributed by atoms with Gasteiger partial charge in [-0.3, -0.25) is 4.79 Å². The Morgan fingerprint density at radius 2 is 1.83 bits per heavy atom. The number of hydrogen-bond donors (Lipinski definition) is 1. The molecule has 1 aromatic rings. The first-order valence-electron chi connectivity index (χ1n) is 6.42. The molecule has 0 bridgehead atoms. The molecule has 18 heavy (non-hydrogen) atoms. The Morgan fingerprint density at radius 3 is 2.33 bits per heavy atom. The number of carboxylic acid groups (broad SMARTS) is 1. The van der Waals surface area contributed by atoms with Crippen LogP contribution in [0.3, 0.4) is 0 Å². The third kappa shape index (κ3) is 5.21. The van der Waals surface area contributed by atoms with Gasteiger partial charge in [0.1, 0.15) is 5.75 Å². The lowest BCUT2D eigenvalue weighted by Crippen LogP contribution is -2.14. The van der Waals surface area contributed by atoms with Gasteiger partial charge in [0.25, 0.3) is 0 Å². The summed E-state index contributed by atoms with van der Waals surface area (Å²) in [6, 6.07) is 7.67. The summed E-state index contributed by atoms with van der Waals surface area (Å²) in [7, 11) is 0. The summed E-state index contributed by atoms with van der Waals surface area (Å²) in [6.07, 6.45) is 0.739. The van der Waals surface area contributed by atoms with E-state index >= 15 is 0 Å². The molecule has 1 aromatic carbocycles. The monoisotopic (exact) mass is 250 g/mol. The maximum atomic E-state index is 10.5. The lowest BCUT2D eigenvalue weighted by molar-refractivity contribution is -0.136. The number of benzene rings is 1. The minimum atomic E-state index is -0.763. The topological polar surface area (TPSA) is 46.5 Å². The second-order valence-corrected chi connectivity index (χ2v) is 5.07. The van der Waals surface area contributed by atoms with Crippen LogP contribution in [-0.4, -0.2) is 17.7 Å². The Balaban J connectivity index is 2.42. The summed E-state index contributed by atoms with van der Waals surface area (Å²) in [6.45, 7) is 7.25. The predicted octanol–water partition coefficient (Wildman–Crippen LogP) is 3.37. The lowest BCUT2D eigenvalue weighted by atomic mass is 9.99. The molecule has 0 aliphatic rings. The van der Waals surface area contributed by atoms with Gasteiger partial charge >= 0.3 is 5.97 Å². The second-order valence-electron chi connectivity index (χ2n) is 5.07. The molecule has 0 aliphatic heterocycles. The van der Waals surface area contributed by atoms with Crippen LogP contribution in [0, 0.1) is 11.8 Å². The van der Waals surface area contributed by atoms with E-state index in [1.165, 1.54) is 0 Å². The van der Waals surface area contributed by atoms with Gasteiger partial charge < -0.3 is 9.84 Å². The fourth-order valence-corrected chi connectivity index (χ4v) is 1.42. The van der Waals surface area contributed by atoms with Crippen molar-refractivity contribution in [3.05, 3.63) is 29.8 Å². The maximum Gasteiger partial charge on any atom is 0.303 e. The molecule has 0 fully saturated rings. The fraction of sp³-hybridized carbons (Fsp3) is 0.533. The average Bonchev–Trinajstić information content (AvgIpc) is 2.34. The van der Waals surface area contributed by atoms with E-state index in [0.717, 1.165) is 11.3 Å². The van der Waals surface area contributed by atoms with Gasteiger partial charge in [-0.25, -0.2) is 0 Å². The van der Waals surface area contributed by atoms with E-state index in [-0.39, 0.29) is 6.42 Å². The van der Waals surface area contributed by atoms with Crippen molar-refractivity contribution in [3.8, 4) is 5.75 Å². The van der Waals surface area contributed by atoms with Gasteiger partial charge in [-0.1, -0.05) is 32.9 Å². The molecule has 1 rings (SSSR count). The van der Waals surface area contributed by atoms with Crippen molar-refractivity contribution in [2.45, 2.75) is 33.6 Å². The highest BCUT2D eigenvalue weighted by molar-refractivity contribution is 5.67. The van der Waals surface area contributed by atoms with Gasteiger partial charge in [0.05, 0.1) is 6.61 Å². The molecular weight excluding hydrogens is 228 g/mol. The predicted molar refractivity (Wildman–Crippen MR) is 71.9 cm³/mol. The highest BCUT2D eigenvalue weighted by atomic mass is 16.5. The van der Waals surface area contributed by atoms with Gasteiger partial charge in [0, 0.05) is 6.42 Å². The highest BCUT2D eigenvalue weighted by Crippen LogP contribution is 2.16. The molecule has 1 N–H and O–H groups in total. The smallest absolute Gasteiger partial charge is 0.303 e. The lowest BCUT2D eigenvalue weighted by Gasteiger charge is -2.16. The number of aliphatic carboxylic acids is 1. The second kappa shape index (κ2) is 7.04. The maximum absolute atomic E-state index is 10.5. The van der Waals surface area contributed by atoms with E-state index in [2.05, 4.69) is 20.8 Å². The molecule has 1 atom stereocenters. The van der Waals surface area contributed by atoms with Crippen molar-refractivity contribution in [2.75, 3.05) is 6.61 Å². The summed E-state index contributed by atoms with van der Waals surface area (Å²) in [5.41, 5.74) is 1.03. The largest absolute Gasteiger partial charge is 0.493 e. The molecule has 0 aromatic heterocycles. The van der Waals surface area contributed by atoms with E-state index in [1.807, 2.05) is 24.3 Å². The summed E-state index contributed by atoms with van der Waals surface area (Å²) in [5, 5.41) is 8.60. The van der Waals surface area contributed by atoms with Crippen LogP contribution in [0.4, 0.5) is 0 Å². The van der Waals surface area contributed by atoms with E-state index < -0.39 is 5.97 Å². The highest BCUT2D eigenvalue weighted by Gasteiger charge is 2.07. The van der Waals surface area contributed by atoms with Crippen LogP contribution in [0.2, 0.25) is 0 Å². The molecule has 100 valence electrons. The first-order chi connectivity index (χ1) is 8.49. The zero-order valence-corrected chi connectivity index (χ0v) is 11.3. The standard InChI is InChI=1S/C15H22O3/c1-11(2)12(3)10-18-14-7-4-13(5-8-14)6-9-15(16)17/h4-5,7-8,11-12H,6,9-10H2,1-3H3,(H,16,17). The Morgan fingerprint density at radius 1 is 1.22 bits per heavy atom. The molecule has 1 unspecified atom stereocenters. The van der Waals surface area contributed by atoms with Crippen molar-refractivity contribution < 1.29 is 14.6 Å². The molecule has 3 heteroatoms. The van der Waals surface area contributed by atoms with Crippen LogP contribution in [0.1, 0.15) is 32.8 Å². The average molecular weight is 250 g/mol. The van der Waals surface area contributed by atoms with Crippen molar-refractivity contribution in [3.63, 3.8) is 0 Å². The summed E-state index contributed by atoms with van der Waals surface area (Å²) in [5.74, 6) is 1.22. The number of carbonyl (C=O) groups is 1. The molecular formula is C15H22O3. The third-order valence-electron chi connectivity index (χ3n) is 3.20. The number of rotatable bonds is 7. The molecule has 0 saturated heterocycles. The van der Waals surface area contributed by atoms with E-state index in [9.17, 15) is 4.79 Å². The van der Waals surface area contributed by atoms with Crippen LogP contribution in [0.5, 0.6) is 5.75 Å². The SMILES string of the molecule is CC(C)C(C)COc1ccc(CCC(=O)O)cc1. The Kier molecular flexibility index (Phi) is 5.69. The molecule has 0 heterocycles. The molecule has 3 nitrogen and oxygen atoms in total. The quantitative estimate of drug-likeness (QED) is 0.807. The number of aryl methyl sites for hydroxylation is 1. The van der Waals surface area contributed by atoms with Crippen molar-refractivity contribution >= 4 is 5.97 Å². The minimum Gasteiger partial charge on any atom is -0.493 e. The first-order valence-corrected chi connectivity index (χ1v) is 6.42.